The molecule has 122 valence electrons. The Morgan fingerprint density at radius 1 is 1.17 bits per heavy atom. The molecule has 0 bridgehead atoms. The Morgan fingerprint density at radius 3 is 2.70 bits per heavy atom. The van der Waals surface area contributed by atoms with Gasteiger partial charge in [-0.15, -0.1) is 0 Å². The standard InChI is InChI=1S/C19H22O4/c20-16(12-17(21)13-19(22)23)10-5-9-15-7-2-1-6-14-8-3-4-11-18(14)15/h3-5,8-11,16,20H,1-2,6-7,12-13H2,(H,22,23)/b10-5+,15-9-. The summed E-state index contributed by atoms with van der Waals surface area (Å²) in [6.07, 6.45) is 8.02. The van der Waals surface area contributed by atoms with Crippen LogP contribution < -0.4 is 0 Å². The highest BCUT2D eigenvalue weighted by molar-refractivity contribution is 5.94. The van der Waals surface area contributed by atoms with Crippen LogP contribution in [0.5, 0.6) is 0 Å². The second kappa shape index (κ2) is 8.44. The van der Waals surface area contributed by atoms with Gasteiger partial charge >= 0.3 is 5.97 Å². The molecule has 0 aromatic heterocycles. The van der Waals surface area contributed by atoms with Gasteiger partial charge in [-0.3, -0.25) is 9.59 Å². The fourth-order valence-corrected chi connectivity index (χ4v) is 2.83. The second-order valence-corrected chi connectivity index (χ2v) is 5.82. The number of carboxylic acid groups (broad SMARTS) is 1. The number of aliphatic carboxylic acids is 1. The van der Waals surface area contributed by atoms with E-state index in [0.717, 1.165) is 19.3 Å². The van der Waals surface area contributed by atoms with Crippen LogP contribution >= 0.6 is 0 Å². The smallest absolute Gasteiger partial charge is 0.310 e. The first-order valence-corrected chi connectivity index (χ1v) is 7.93. The van der Waals surface area contributed by atoms with Crippen molar-refractivity contribution in [2.24, 2.45) is 0 Å². The number of ketones is 1. The molecule has 0 radical (unpaired) electrons. The van der Waals surface area contributed by atoms with Crippen molar-refractivity contribution in [3.63, 3.8) is 0 Å². The second-order valence-electron chi connectivity index (χ2n) is 5.82. The lowest BCUT2D eigenvalue weighted by molar-refractivity contribution is -0.140. The Hall–Kier alpha value is -2.20. The fraction of sp³-hybridized carbons (Fsp3) is 0.368. The van der Waals surface area contributed by atoms with Crippen LogP contribution in [-0.2, 0) is 16.0 Å². The van der Waals surface area contributed by atoms with Crippen molar-refractivity contribution in [3.8, 4) is 0 Å². The maximum atomic E-state index is 11.3. The maximum absolute atomic E-state index is 11.3. The minimum Gasteiger partial charge on any atom is -0.481 e. The van der Waals surface area contributed by atoms with Crippen molar-refractivity contribution in [1.82, 2.24) is 0 Å². The van der Waals surface area contributed by atoms with E-state index in [0.29, 0.717) is 0 Å². The van der Waals surface area contributed by atoms with E-state index in [-0.39, 0.29) is 6.42 Å². The van der Waals surface area contributed by atoms with Crippen molar-refractivity contribution in [1.29, 1.82) is 0 Å². The summed E-state index contributed by atoms with van der Waals surface area (Å²) in [4.78, 5) is 21.8. The van der Waals surface area contributed by atoms with Crippen molar-refractivity contribution < 1.29 is 19.8 Å². The zero-order valence-electron chi connectivity index (χ0n) is 13.1. The van der Waals surface area contributed by atoms with E-state index in [1.807, 2.05) is 12.1 Å². The molecule has 0 amide bonds. The Kier molecular flexibility index (Phi) is 6.29. The molecule has 1 unspecified atom stereocenters. The molecular weight excluding hydrogens is 292 g/mol. The molecule has 1 aliphatic carbocycles. The third-order valence-corrected chi connectivity index (χ3v) is 3.92. The number of aliphatic hydroxyl groups excluding tert-OH is 1. The molecule has 1 aliphatic rings. The molecule has 1 aromatic carbocycles. The number of carboxylic acids is 1. The van der Waals surface area contributed by atoms with E-state index in [9.17, 15) is 14.7 Å². The first kappa shape index (κ1) is 17.2. The van der Waals surface area contributed by atoms with E-state index in [1.54, 1.807) is 12.2 Å². The van der Waals surface area contributed by atoms with E-state index in [4.69, 9.17) is 5.11 Å². The summed E-state index contributed by atoms with van der Waals surface area (Å²) in [5.74, 6) is -1.63. The zero-order valence-corrected chi connectivity index (χ0v) is 13.1. The van der Waals surface area contributed by atoms with Crippen LogP contribution in [-0.4, -0.2) is 28.1 Å². The van der Waals surface area contributed by atoms with Crippen molar-refractivity contribution in [2.75, 3.05) is 0 Å². The number of rotatable bonds is 6. The van der Waals surface area contributed by atoms with Crippen LogP contribution in [0.25, 0.3) is 5.57 Å². The van der Waals surface area contributed by atoms with Gasteiger partial charge in [-0.2, -0.15) is 0 Å². The number of carbonyl (C=O) groups excluding carboxylic acids is 1. The molecule has 0 saturated carbocycles. The first-order chi connectivity index (χ1) is 11.1. The number of hydrogen-bond donors (Lipinski definition) is 2. The molecule has 2 rings (SSSR count). The third kappa shape index (κ3) is 5.49. The normalized spacial score (nSPS) is 17.7. The summed E-state index contributed by atoms with van der Waals surface area (Å²) in [6, 6.07) is 8.35. The number of hydrogen-bond acceptors (Lipinski definition) is 3. The lowest BCUT2D eigenvalue weighted by Crippen LogP contribution is -2.14. The predicted octanol–water partition coefficient (Wildman–Crippen LogP) is 3.15. The molecule has 4 nitrogen and oxygen atoms in total. The Balaban J connectivity index is 2.01. The van der Waals surface area contributed by atoms with Crippen molar-refractivity contribution in [2.45, 2.75) is 44.6 Å². The molecule has 0 aliphatic heterocycles. The molecule has 0 heterocycles. The van der Waals surface area contributed by atoms with Crippen molar-refractivity contribution in [3.05, 3.63) is 53.6 Å². The zero-order chi connectivity index (χ0) is 16.7. The van der Waals surface area contributed by atoms with Gasteiger partial charge in [0.15, 0.2) is 0 Å². The number of aliphatic hydroxyl groups is 1. The van der Waals surface area contributed by atoms with Crippen LogP contribution in [0.1, 0.15) is 43.2 Å². The lowest BCUT2D eigenvalue weighted by atomic mass is 9.98. The van der Waals surface area contributed by atoms with Gasteiger partial charge in [0.05, 0.1) is 6.10 Å². The van der Waals surface area contributed by atoms with E-state index in [1.165, 1.54) is 23.1 Å². The largest absolute Gasteiger partial charge is 0.481 e. The molecule has 0 spiro atoms. The Labute approximate surface area is 136 Å². The number of carbonyl (C=O) groups is 2. The molecule has 1 aromatic rings. The molecule has 0 fully saturated rings. The fourth-order valence-electron chi connectivity index (χ4n) is 2.83. The maximum Gasteiger partial charge on any atom is 0.310 e. The van der Waals surface area contributed by atoms with Crippen LogP contribution in [0.2, 0.25) is 0 Å². The number of Topliss-reactive ketones (excluding diaryl/α,β-unsaturated/α-hetero) is 1. The topological polar surface area (TPSA) is 74.6 Å². The van der Waals surface area contributed by atoms with Gasteiger partial charge in [-0.1, -0.05) is 42.5 Å². The number of allylic oxidation sites excluding steroid dienone is 3. The highest BCUT2D eigenvalue weighted by Crippen LogP contribution is 2.29. The lowest BCUT2D eigenvalue weighted by Gasteiger charge is -2.08. The Morgan fingerprint density at radius 2 is 1.91 bits per heavy atom. The third-order valence-electron chi connectivity index (χ3n) is 3.92. The molecule has 0 saturated heterocycles. The minimum absolute atomic E-state index is 0.164. The number of benzene rings is 1. The highest BCUT2D eigenvalue weighted by Gasteiger charge is 2.12. The van der Waals surface area contributed by atoms with Crippen molar-refractivity contribution >= 4 is 17.3 Å². The highest BCUT2D eigenvalue weighted by atomic mass is 16.4. The van der Waals surface area contributed by atoms with Gasteiger partial charge in [0.1, 0.15) is 12.2 Å². The summed E-state index contributed by atoms with van der Waals surface area (Å²) in [6.45, 7) is 0. The van der Waals surface area contributed by atoms with Gasteiger partial charge in [-0.25, -0.2) is 0 Å². The SMILES string of the molecule is O=C(O)CC(=O)CC(O)/C=C/C=C1/CCCCc2ccccc21. The van der Waals surface area contributed by atoms with Gasteiger partial charge in [-0.05, 0) is 42.4 Å². The predicted molar refractivity (Wildman–Crippen MR) is 89.0 cm³/mol. The van der Waals surface area contributed by atoms with Gasteiger partial charge in [0.2, 0.25) is 0 Å². The first-order valence-electron chi connectivity index (χ1n) is 7.93. The summed E-state index contributed by atoms with van der Waals surface area (Å²) in [7, 11) is 0. The quantitative estimate of drug-likeness (QED) is 0.625. The van der Waals surface area contributed by atoms with E-state index in [2.05, 4.69) is 18.2 Å². The van der Waals surface area contributed by atoms with E-state index < -0.39 is 24.3 Å². The van der Waals surface area contributed by atoms with Gasteiger partial charge < -0.3 is 10.2 Å². The minimum atomic E-state index is -1.16. The van der Waals surface area contributed by atoms with Gasteiger partial charge in [0, 0.05) is 6.42 Å². The molecule has 1 atom stereocenters. The summed E-state index contributed by atoms with van der Waals surface area (Å²) in [5.41, 5.74) is 3.84. The summed E-state index contributed by atoms with van der Waals surface area (Å²) >= 11 is 0. The monoisotopic (exact) mass is 314 g/mol. The van der Waals surface area contributed by atoms with Gasteiger partial charge in [0.25, 0.3) is 0 Å². The average molecular weight is 314 g/mol. The van der Waals surface area contributed by atoms with Crippen LogP contribution in [0.3, 0.4) is 0 Å². The summed E-state index contributed by atoms with van der Waals surface area (Å²) < 4.78 is 0. The van der Waals surface area contributed by atoms with Crippen LogP contribution in [0, 0.1) is 0 Å². The number of fused-ring (bicyclic) bond motifs is 1. The molecule has 4 heteroatoms. The van der Waals surface area contributed by atoms with Crippen LogP contribution in [0.4, 0.5) is 0 Å². The van der Waals surface area contributed by atoms with E-state index >= 15 is 0 Å². The summed E-state index contributed by atoms with van der Waals surface area (Å²) in [5, 5.41) is 18.3. The number of aryl methyl sites for hydroxylation is 1. The molecule has 23 heavy (non-hydrogen) atoms. The average Bonchev–Trinajstić information content (AvgIpc) is 2.69. The molecular formula is C19H22O4. The van der Waals surface area contributed by atoms with Crippen LogP contribution in [0.15, 0.2) is 42.5 Å². The Bertz CT molecular complexity index is 628. The molecule has 2 N–H and O–H groups in total.